The van der Waals surface area contributed by atoms with Crippen molar-refractivity contribution >= 4 is 35.0 Å². The van der Waals surface area contributed by atoms with Crippen molar-refractivity contribution in [1.82, 2.24) is 19.8 Å². The Kier molecular flexibility index (Phi) is 8.32. The minimum atomic E-state index is -4.60. The van der Waals surface area contributed by atoms with E-state index in [9.17, 15) is 22.8 Å². The number of piperazine rings is 1. The number of halogens is 3. The lowest BCUT2D eigenvalue weighted by atomic mass is 10.1. The summed E-state index contributed by atoms with van der Waals surface area (Å²) < 4.78 is 41.1. The van der Waals surface area contributed by atoms with E-state index in [0.29, 0.717) is 44.9 Å². The third-order valence-electron chi connectivity index (χ3n) is 7.80. The van der Waals surface area contributed by atoms with Crippen LogP contribution >= 0.6 is 0 Å². The van der Waals surface area contributed by atoms with Crippen LogP contribution in [-0.4, -0.2) is 77.4 Å². The highest BCUT2D eigenvalue weighted by atomic mass is 19.4. The largest absolute Gasteiger partial charge is 0.421 e. The van der Waals surface area contributed by atoms with Crippen molar-refractivity contribution in [3.63, 3.8) is 0 Å². The quantitative estimate of drug-likeness (QED) is 0.434. The van der Waals surface area contributed by atoms with Crippen molar-refractivity contribution in [1.29, 1.82) is 0 Å². The molecule has 2 aliphatic heterocycles. The zero-order valence-corrected chi connectivity index (χ0v) is 22.8. The van der Waals surface area contributed by atoms with Gasteiger partial charge < -0.3 is 25.3 Å². The summed E-state index contributed by atoms with van der Waals surface area (Å²) in [6, 6.07) is 6.06. The molecule has 0 bridgehead atoms. The third kappa shape index (κ3) is 6.76. The van der Waals surface area contributed by atoms with E-state index in [-0.39, 0.29) is 30.1 Å². The first kappa shape index (κ1) is 28.0. The number of benzene rings is 1. The second kappa shape index (κ2) is 11.9. The Labute approximate surface area is 232 Å². The van der Waals surface area contributed by atoms with Crippen molar-refractivity contribution in [2.75, 3.05) is 61.3 Å². The Bertz CT molecular complexity index is 1230. The molecule has 2 aromatic rings. The smallest absolute Gasteiger partial charge is 0.369 e. The van der Waals surface area contributed by atoms with Crippen molar-refractivity contribution < 1.29 is 22.8 Å². The number of piperidine rings is 1. The van der Waals surface area contributed by atoms with Gasteiger partial charge >= 0.3 is 6.18 Å². The maximum absolute atomic E-state index is 13.7. The predicted octanol–water partition coefficient (Wildman–Crippen LogP) is 4.60. The maximum atomic E-state index is 13.7. The first-order valence-electron chi connectivity index (χ1n) is 14.1. The Hall–Kier alpha value is -3.57. The average Bonchev–Trinajstić information content (AvgIpc) is 3.77. The van der Waals surface area contributed by atoms with Gasteiger partial charge in [0.2, 0.25) is 17.8 Å². The van der Waals surface area contributed by atoms with Crippen LogP contribution in [0.4, 0.5) is 36.3 Å². The van der Waals surface area contributed by atoms with Crippen molar-refractivity contribution in [2.45, 2.75) is 57.5 Å². The van der Waals surface area contributed by atoms with Gasteiger partial charge in [0.15, 0.2) is 0 Å². The molecule has 0 unspecified atom stereocenters. The molecule has 3 fully saturated rings. The number of hydrogen-bond donors (Lipinski definition) is 2. The minimum Gasteiger partial charge on any atom is -0.369 e. The molecule has 2 N–H and O–H groups in total. The van der Waals surface area contributed by atoms with E-state index in [1.165, 1.54) is 0 Å². The summed E-state index contributed by atoms with van der Waals surface area (Å²) in [4.78, 5) is 37.7. The summed E-state index contributed by atoms with van der Waals surface area (Å²) in [7, 11) is 0. The number of carbonyl (C=O) groups is 2. The van der Waals surface area contributed by atoms with Crippen LogP contribution in [0.2, 0.25) is 0 Å². The Morgan fingerprint density at radius 3 is 2.55 bits per heavy atom. The van der Waals surface area contributed by atoms with Crippen LogP contribution in [0, 0.1) is 0 Å². The van der Waals surface area contributed by atoms with Crippen LogP contribution in [0.15, 0.2) is 24.4 Å². The zero-order valence-electron chi connectivity index (χ0n) is 22.8. The third-order valence-corrected chi connectivity index (χ3v) is 7.80. The van der Waals surface area contributed by atoms with E-state index in [1.807, 2.05) is 17.0 Å². The summed E-state index contributed by atoms with van der Waals surface area (Å²) in [5, 5.41) is 5.99. The molecule has 0 radical (unpaired) electrons. The van der Waals surface area contributed by atoms with E-state index in [1.54, 1.807) is 11.8 Å². The highest BCUT2D eigenvalue weighted by Gasteiger charge is 2.35. The molecule has 3 aliphatic rings. The molecule has 2 amide bonds. The number of hydrogen-bond acceptors (Lipinski definition) is 7. The summed E-state index contributed by atoms with van der Waals surface area (Å²) in [6.07, 6.45) is 1.22. The molecule has 40 heavy (non-hydrogen) atoms. The number of aromatic nitrogens is 2. The van der Waals surface area contributed by atoms with E-state index >= 15 is 0 Å². The Morgan fingerprint density at radius 2 is 1.88 bits per heavy atom. The van der Waals surface area contributed by atoms with Gasteiger partial charge in [-0.15, -0.1) is 0 Å². The SMILES string of the molecule is CC(=O)N1CCN(c2ccc(Nc3ncc(C(F)(F)F)c(NCCCN4CCCCC4=O)n3)c(C3CC3)c2)CC1. The number of rotatable bonds is 9. The molecule has 1 aliphatic carbocycles. The van der Waals surface area contributed by atoms with Crippen molar-refractivity contribution in [2.24, 2.45) is 0 Å². The fraction of sp³-hybridized carbons (Fsp3) is 0.571. The van der Waals surface area contributed by atoms with Crippen molar-refractivity contribution in [3.05, 3.63) is 35.5 Å². The Balaban J connectivity index is 1.28. The van der Waals surface area contributed by atoms with Gasteiger partial charge in [-0.2, -0.15) is 18.2 Å². The summed E-state index contributed by atoms with van der Waals surface area (Å²) in [5.41, 5.74) is 2.02. The molecule has 0 atom stereocenters. The van der Waals surface area contributed by atoms with Crippen LogP contribution < -0.4 is 15.5 Å². The summed E-state index contributed by atoms with van der Waals surface area (Å²) in [5.74, 6) is 0.381. The number of likely N-dealkylation sites (tertiary alicyclic amines) is 1. The number of amides is 2. The van der Waals surface area contributed by atoms with Gasteiger partial charge in [0, 0.05) is 76.7 Å². The van der Waals surface area contributed by atoms with Gasteiger partial charge in [0.25, 0.3) is 0 Å². The molecule has 1 aromatic carbocycles. The lowest BCUT2D eigenvalue weighted by Crippen LogP contribution is -2.48. The van der Waals surface area contributed by atoms with E-state index < -0.39 is 11.7 Å². The molecular formula is C28H36F3N7O2. The number of nitrogens with zero attached hydrogens (tertiary/aromatic N) is 5. The van der Waals surface area contributed by atoms with E-state index in [2.05, 4.69) is 31.6 Å². The molecule has 1 aromatic heterocycles. The van der Waals surface area contributed by atoms with E-state index in [4.69, 9.17) is 0 Å². The van der Waals surface area contributed by atoms with Gasteiger partial charge in [-0.3, -0.25) is 9.59 Å². The van der Waals surface area contributed by atoms with Gasteiger partial charge in [0.05, 0.1) is 0 Å². The molecule has 5 rings (SSSR count). The monoisotopic (exact) mass is 559 g/mol. The van der Waals surface area contributed by atoms with Crippen LogP contribution in [0.5, 0.6) is 0 Å². The molecule has 0 spiro atoms. The van der Waals surface area contributed by atoms with Crippen LogP contribution in [0.1, 0.15) is 62.5 Å². The molecule has 9 nitrogen and oxygen atoms in total. The van der Waals surface area contributed by atoms with Gasteiger partial charge in [-0.1, -0.05) is 0 Å². The van der Waals surface area contributed by atoms with E-state index in [0.717, 1.165) is 61.9 Å². The Morgan fingerprint density at radius 1 is 1.10 bits per heavy atom. The molecule has 2 saturated heterocycles. The minimum absolute atomic E-state index is 0.0837. The van der Waals surface area contributed by atoms with Crippen molar-refractivity contribution in [3.8, 4) is 0 Å². The highest BCUT2D eigenvalue weighted by Crippen LogP contribution is 2.45. The number of alkyl halides is 3. The second-order valence-corrected chi connectivity index (χ2v) is 10.7. The van der Waals surface area contributed by atoms with Crippen LogP contribution in [0.25, 0.3) is 0 Å². The number of nitrogens with one attached hydrogen (secondary N) is 2. The first-order chi connectivity index (χ1) is 19.2. The highest BCUT2D eigenvalue weighted by molar-refractivity contribution is 5.76. The standard InChI is InChI=1S/C28H36F3N7O2/c1-19(39)36-13-15-37(16-14-36)21-8-9-24(22(17-21)20-6-7-20)34-27-33-18-23(28(29,30)31)26(35-27)32-10-4-12-38-11-3-2-5-25(38)40/h8-9,17-18,20H,2-7,10-16H2,1H3,(H2,32,33,34,35). The molecular weight excluding hydrogens is 523 g/mol. The zero-order chi connectivity index (χ0) is 28.3. The van der Waals surface area contributed by atoms with Gasteiger partial charge in [-0.05, 0) is 61.8 Å². The fourth-order valence-corrected chi connectivity index (χ4v) is 5.35. The summed E-state index contributed by atoms with van der Waals surface area (Å²) in [6.45, 7) is 5.90. The fourth-order valence-electron chi connectivity index (χ4n) is 5.35. The van der Waals surface area contributed by atoms with Gasteiger partial charge in [0.1, 0.15) is 11.4 Å². The van der Waals surface area contributed by atoms with Gasteiger partial charge in [-0.25, -0.2) is 4.98 Å². The number of carbonyl (C=O) groups excluding carboxylic acids is 2. The summed E-state index contributed by atoms with van der Waals surface area (Å²) >= 11 is 0. The lowest BCUT2D eigenvalue weighted by Gasteiger charge is -2.36. The number of anilines is 4. The second-order valence-electron chi connectivity index (χ2n) is 10.7. The van der Waals surface area contributed by atoms with Crippen LogP contribution in [0.3, 0.4) is 0 Å². The predicted molar refractivity (Wildman–Crippen MR) is 147 cm³/mol. The molecule has 1 saturated carbocycles. The molecule has 12 heteroatoms. The maximum Gasteiger partial charge on any atom is 0.421 e. The topological polar surface area (TPSA) is 93.7 Å². The normalized spacial score (nSPS) is 18.2. The first-order valence-corrected chi connectivity index (χ1v) is 14.1. The van der Waals surface area contributed by atoms with Crippen LogP contribution in [-0.2, 0) is 15.8 Å². The molecule has 216 valence electrons. The average molecular weight is 560 g/mol. The molecule has 3 heterocycles. The lowest BCUT2D eigenvalue weighted by molar-refractivity contribution is -0.137.